The Morgan fingerprint density at radius 1 is 1.38 bits per heavy atom. The van der Waals surface area contributed by atoms with Crippen LogP contribution in [0.5, 0.6) is 5.75 Å². The van der Waals surface area contributed by atoms with Crippen LogP contribution in [0.2, 0.25) is 0 Å². The molecule has 0 bridgehead atoms. The number of nitrogens with zero attached hydrogens (tertiary/aromatic N) is 4. The Kier molecular flexibility index (Phi) is 7.04. The highest BCUT2D eigenvalue weighted by molar-refractivity contribution is 7.90. The molecular formula is C20H19F3N4O4S. The molecule has 2 heterocycles. The molecule has 0 spiro atoms. The van der Waals surface area contributed by atoms with Crippen LogP contribution in [0.25, 0.3) is 11.0 Å². The van der Waals surface area contributed by atoms with Crippen LogP contribution >= 0.6 is 0 Å². The summed E-state index contributed by atoms with van der Waals surface area (Å²) in [7, 11) is 0. The molecule has 3 rings (SSSR count). The SMILES string of the molecule is Cc1c(OCC(F)(F)F)ccnc1C[S+]([O-])c1nc2ccccc2n1C(=O)C(C)/C=N/O. The Balaban J connectivity index is 1.95. The van der Waals surface area contributed by atoms with E-state index in [1.165, 1.54) is 30.7 Å². The van der Waals surface area contributed by atoms with Crippen LogP contribution in [0.1, 0.15) is 23.0 Å². The van der Waals surface area contributed by atoms with Crippen LogP contribution in [0.15, 0.2) is 46.8 Å². The molecule has 0 radical (unpaired) electrons. The van der Waals surface area contributed by atoms with Gasteiger partial charge in [0.05, 0.1) is 28.9 Å². The standard InChI is InChI=1S/C20H19F3N4O4S/c1-12(9-25-29)18(28)27-16-6-4-3-5-14(16)26-19(27)32(30)10-15-13(2)17(7-8-24-15)31-11-20(21,22)23/h3-9,12,29H,10-11H2,1-2H3/b25-9+. The minimum absolute atomic E-state index is 0.0262. The summed E-state index contributed by atoms with van der Waals surface area (Å²) >= 11 is -1.88. The lowest BCUT2D eigenvalue weighted by atomic mass is 10.2. The number of hydrogen-bond donors (Lipinski definition) is 1. The van der Waals surface area contributed by atoms with E-state index in [-0.39, 0.29) is 22.4 Å². The van der Waals surface area contributed by atoms with Crippen molar-refractivity contribution >= 4 is 34.3 Å². The van der Waals surface area contributed by atoms with Gasteiger partial charge in [-0.2, -0.15) is 18.2 Å². The number of carbonyl (C=O) groups excluding carboxylic acids is 1. The fourth-order valence-electron chi connectivity index (χ4n) is 2.95. The second-order valence-electron chi connectivity index (χ2n) is 6.88. The van der Waals surface area contributed by atoms with Crippen molar-refractivity contribution in [1.82, 2.24) is 14.5 Å². The molecule has 12 heteroatoms. The van der Waals surface area contributed by atoms with E-state index >= 15 is 0 Å². The van der Waals surface area contributed by atoms with Crippen molar-refractivity contribution in [3.8, 4) is 5.75 Å². The Bertz CT molecular complexity index is 1150. The molecule has 0 saturated heterocycles. The van der Waals surface area contributed by atoms with Crippen molar-refractivity contribution in [2.45, 2.75) is 30.9 Å². The average molecular weight is 468 g/mol. The Labute approximate surface area is 183 Å². The molecule has 2 atom stereocenters. The van der Waals surface area contributed by atoms with Crippen molar-refractivity contribution in [3.63, 3.8) is 0 Å². The predicted molar refractivity (Wildman–Crippen MR) is 110 cm³/mol. The first-order valence-corrected chi connectivity index (χ1v) is 10.7. The quantitative estimate of drug-likeness (QED) is 0.245. The summed E-state index contributed by atoms with van der Waals surface area (Å²) in [5.74, 6) is -1.56. The number of alkyl halides is 3. The molecule has 0 aliphatic carbocycles. The lowest BCUT2D eigenvalue weighted by molar-refractivity contribution is -0.153. The molecule has 3 aromatic rings. The van der Waals surface area contributed by atoms with Gasteiger partial charge in [0.1, 0.15) is 5.75 Å². The van der Waals surface area contributed by atoms with Crippen molar-refractivity contribution in [2.24, 2.45) is 11.1 Å². The Morgan fingerprint density at radius 2 is 2.09 bits per heavy atom. The number of fused-ring (bicyclic) bond motifs is 1. The maximum absolute atomic E-state index is 13.2. The van der Waals surface area contributed by atoms with E-state index in [4.69, 9.17) is 9.94 Å². The molecule has 2 aromatic heterocycles. The molecule has 32 heavy (non-hydrogen) atoms. The van der Waals surface area contributed by atoms with Gasteiger partial charge in [0, 0.05) is 22.9 Å². The van der Waals surface area contributed by atoms with Gasteiger partial charge in [-0.3, -0.25) is 9.78 Å². The summed E-state index contributed by atoms with van der Waals surface area (Å²) < 4.78 is 56.7. The number of pyridine rings is 1. The van der Waals surface area contributed by atoms with E-state index < -0.39 is 35.8 Å². The Morgan fingerprint density at radius 3 is 2.78 bits per heavy atom. The summed E-state index contributed by atoms with van der Waals surface area (Å²) in [6.07, 6.45) is -2.20. The molecule has 1 N–H and O–H groups in total. The first-order chi connectivity index (χ1) is 15.1. The third-order valence-electron chi connectivity index (χ3n) is 4.55. The van der Waals surface area contributed by atoms with Crippen LogP contribution < -0.4 is 4.74 Å². The number of imidazole rings is 1. The fraction of sp³-hybridized carbons (Fsp3) is 0.300. The van der Waals surface area contributed by atoms with E-state index in [1.54, 1.807) is 24.3 Å². The minimum atomic E-state index is -4.50. The molecule has 0 fully saturated rings. The number of rotatable bonds is 7. The van der Waals surface area contributed by atoms with Gasteiger partial charge < -0.3 is 14.5 Å². The fourth-order valence-corrected chi connectivity index (χ4v) is 4.21. The molecule has 0 aliphatic heterocycles. The first-order valence-electron chi connectivity index (χ1n) is 9.34. The van der Waals surface area contributed by atoms with Gasteiger partial charge in [0.25, 0.3) is 0 Å². The van der Waals surface area contributed by atoms with Crippen molar-refractivity contribution < 1.29 is 32.5 Å². The summed E-state index contributed by atoms with van der Waals surface area (Å²) in [6, 6.07) is 7.99. The number of carbonyl (C=O) groups is 1. The van der Waals surface area contributed by atoms with Crippen LogP contribution in [0, 0.1) is 12.8 Å². The molecular weight excluding hydrogens is 449 g/mol. The summed E-state index contributed by atoms with van der Waals surface area (Å²) in [4.78, 5) is 21.4. The number of ether oxygens (including phenoxy) is 1. The van der Waals surface area contributed by atoms with Gasteiger partial charge in [0.2, 0.25) is 5.91 Å². The van der Waals surface area contributed by atoms with Gasteiger partial charge in [0.15, 0.2) is 12.4 Å². The molecule has 1 aromatic carbocycles. The van der Waals surface area contributed by atoms with Crippen molar-refractivity contribution in [2.75, 3.05) is 6.61 Å². The smallest absolute Gasteiger partial charge is 0.422 e. The number of halogens is 3. The maximum Gasteiger partial charge on any atom is 0.422 e. The summed E-state index contributed by atoms with van der Waals surface area (Å²) in [6.45, 7) is 1.56. The number of benzene rings is 1. The van der Waals surface area contributed by atoms with E-state index in [0.717, 1.165) is 6.21 Å². The molecule has 0 amide bonds. The van der Waals surface area contributed by atoms with Gasteiger partial charge >= 0.3 is 11.3 Å². The monoisotopic (exact) mass is 468 g/mol. The van der Waals surface area contributed by atoms with Gasteiger partial charge in [-0.25, -0.2) is 4.57 Å². The molecule has 0 aliphatic rings. The largest absolute Gasteiger partial charge is 0.609 e. The Hall–Kier alpha value is -3.12. The van der Waals surface area contributed by atoms with Gasteiger partial charge in [-0.1, -0.05) is 12.1 Å². The molecule has 2 unspecified atom stereocenters. The second kappa shape index (κ2) is 9.57. The number of hydrogen-bond acceptors (Lipinski definition) is 7. The minimum Gasteiger partial charge on any atom is -0.609 e. The molecule has 8 nitrogen and oxygen atoms in total. The number of oxime groups is 1. The lowest BCUT2D eigenvalue weighted by Crippen LogP contribution is -2.25. The van der Waals surface area contributed by atoms with Crippen LogP contribution in [0.3, 0.4) is 0 Å². The molecule has 170 valence electrons. The van der Waals surface area contributed by atoms with E-state index in [9.17, 15) is 22.5 Å². The lowest BCUT2D eigenvalue weighted by Gasteiger charge is -2.15. The number of aromatic nitrogens is 3. The molecule has 0 saturated carbocycles. The van der Waals surface area contributed by atoms with Crippen molar-refractivity contribution in [3.05, 3.63) is 47.8 Å². The zero-order valence-electron chi connectivity index (χ0n) is 17.0. The highest BCUT2D eigenvalue weighted by Crippen LogP contribution is 2.27. The van der Waals surface area contributed by atoms with Crippen LogP contribution in [0.4, 0.5) is 13.2 Å². The average Bonchev–Trinajstić information content (AvgIpc) is 3.13. The second-order valence-corrected chi connectivity index (χ2v) is 8.23. The van der Waals surface area contributed by atoms with E-state index in [0.29, 0.717) is 16.6 Å². The third-order valence-corrected chi connectivity index (χ3v) is 5.77. The topological polar surface area (TPSA) is 113 Å². The van der Waals surface area contributed by atoms with Gasteiger partial charge in [-0.05, 0) is 32.0 Å². The van der Waals surface area contributed by atoms with Crippen LogP contribution in [-0.4, -0.2) is 49.2 Å². The summed E-state index contributed by atoms with van der Waals surface area (Å²) in [5.41, 5.74) is 1.41. The normalized spacial score (nSPS) is 14.1. The van der Waals surface area contributed by atoms with E-state index in [2.05, 4.69) is 15.1 Å². The number of para-hydroxylation sites is 2. The highest BCUT2D eigenvalue weighted by Gasteiger charge is 2.31. The zero-order valence-corrected chi connectivity index (χ0v) is 17.9. The van der Waals surface area contributed by atoms with E-state index in [1.807, 2.05) is 0 Å². The van der Waals surface area contributed by atoms with Crippen LogP contribution in [-0.2, 0) is 16.9 Å². The zero-order chi connectivity index (χ0) is 23.5. The summed E-state index contributed by atoms with van der Waals surface area (Å²) in [5, 5.41) is 11.6. The highest BCUT2D eigenvalue weighted by atomic mass is 32.2. The van der Waals surface area contributed by atoms with Gasteiger partial charge in [-0.15, -0.1) is 5.16 Å². The maximum atomic E-state index is 13.2. The third kappa shape index (κ3) is 5.19. The van der Waals surface area contributed by atoms with Crippen molar-refractivity contribution in [1.29, 1.82) is 0 Å². The predicted octanol–water partition coefficient (Wildman–Crippen LogP) is 3.72. The first kappa shape index (κ1) is 23.5.